The van der Waals surface area contributed by atoms with Crippen molar-refractivity contribution in [2.45, 2.75) is 13.8 Å². The average molecular weight is 272 g/mol. The first kappa shape index (κ1) is 13.9. The van der Waals surface area contributed by atoms with Gasteiger partial charge in [0.05, 0.1) is 0 Å². The third-order valence-electron chi connectivity index (χ3n) is 2.69. The van der Waals surface area contributed by atoms with E-state index < -0.39 is 0 Å². The van der Waals surface area contributed by atoms with E-state index in [4.69, 9.17) is 0 Å². The molecule has 2 aromatic rings. The number of hydrogen-bond donors (Lipinski definition) is 3. The molecule has 5 nitrogen and oxygen atoms in total. The quantitative estimate of drug-likeness (QED) is 0.721. The van der Waals surface area contributed by atoms with E-state index in [1.54, 1.807) is 24.3 Å². The molecule has 0 radical (unpaired) electrons. The second-order valence-electron chi connectivity index (χ2n) is 4.88. The topological polar surface area (TPSA) is 85.9 Å². The maximum Gasteiger partial charge on any atom is 0.272 e. The summed E-state index contributed by atoms with van der Waals surface area (Å²) >= 11 is 0. The van der Waals surface area contributed by atoms with Gasteiger partial charge in [-0.3, -0.25) is 9.59 Å². The molecular formula is C15H16N2O3. The lowest BCUT2D eigenvalue weighted by molar-refractivity contribution is 0.475. The Kier molecular flexibility index (Phi) is 3.89. The summed E-state index contributed by atoms with van der Waals surface area (Å²) in [6.07, 6.45) is 3.25. The number of nitrogens with one attached hydrogen (secondary N) is 2. The number of aromatic hydroxyl groups is 1. The molecule has 0 bridgehead atoms. The van der Waals surface area contributed by atoms with Gasteiger partial charge in [0.2, 0.25) is 0 Å². The van der Waals surface area contributed by atoms with E-state index in [2.05, 4.69) is 9.97 Å². The zero-order chi connectivity index (χ0) is 14.7. The van der Waals surface area contributed by atoms with Crippen molar-refractivity contribution >= 4 is 12.2 Å². The number of aromatic amines is 2. The predicted molar refractivity (Wildman–Crippen MR) is 77.9 cm³/mol. The summed E-state index contributed by atoms with van der Waals surface area (Å²) in [5, 5.41) is 9.65. The highest BCUT2D eigenvalue weighted by Gasteiger charge is 1.97. The Hall–Kier alpha value is -2.56. The van der Waals surface area contributed by atoms with Crippen LogP contribution in [0.1, 0.15) is 19.4 Å². The Morgan fingerprint density at radius 1 is 1.00 bits per heavy atom. The van der Waals surface area contributed by atoms with Crippen LogP contribution in [0.25, 0.3) is 12.2 Å². The molecule has 1 aromatic carbocycles. The number of benzene rings is 1. The van der Waals surface area contributed by atoms with Crippen molar-refractivity contribution in [2.75, 3.05) is 0 Å². The molecule has 0 atom stereocenters. The molecule has 0 unspecified atom stereocenters. The smallest absolute Gasteiger partial charge is 0.272 e. The first-order valence-corrected chi connectivity index (χ1v) is 6.31. The van der Waals surface area contributed by atoms with Crippen LogP contribution in [-0.4, -0.2) is 15.1 Å². The predicted octanol–water partition coefficient (Wildman–Crippen LogP) is 0.0341. The van der Waals surface area contributed by atoms with Crippen molar-refractivity contribution in [3.8, 4) is 5.75 Å². The molecule has 0 saturated heterocycles. The van der Waals surface area contributed by atoms with Crippen LogP contribution in [-0.2, 0) is 0 Å². The van der Waals surface area contributed by atoms with Gasteiger partial charge in [-0.15, -0.1) is 0 Å². The highest BCUT2D eigenvalue weighted by Crippen LogP contribution is 2.09. The van der Waals surface area contributed by atoms with Crippen molar-refractivity contribution in [3.05, 3.63) is 61.2 Å². The first-order chi connectivity index (χ1) is 9.45. The lowest BCUT2D eigenvalue weighted by Crippen LogP contribution is -2.47. The van der Waals surface area contributed by atoms with Gasteiger partial charge in [-0.1, -0.05) is 32.1 Å². The molecule has 0 fully saturated rings. The zero-order valence-corrected chi connectivity index (χ0v) is 11.3. The maximum absolute atomic E-state index is 11.9. The van der Waals surface area contributed by atoms with Crippen LogP contribution in [0.3, 0.4) is 0 Å². The summed E-state index contributed by atoms with van der Waals surface area (Å²) in [4.78, 5) is 28.9. The van der Waals surface area contributed by atoms with E-state index in [1.807, 2.05) is 13.8 Å². The van der Waals surface area contributed by atoms with Gasteiger partial charge in [-0.05, 0) is 29.7 Å². The third-order valence-corrected chi connectivity index (χ3v) is 2.69. The van der Waals surface area contributed by atoms with Crippen LogP contribution in [0, 0.1) is 5.92 Å². The molecule has 0 aliphatic heterocycles. The molecule has 0 saturated carbocycles. The third kappa shape index (κ3) is 3.26. The van der Waals surface area contributed by atoms with Crippen molar-refractivity contribution in [2.24, 2.45) is 5.92 Å². The highest BCUT2D eigenvalue weighted by atomic mass is 16.3. The molecule has 104 valence electrons. The first-order valence-electron chi connectivity index (χ1n) is 6.31. The van der Waals surface area contributed by atoms with Gasteiger partial charge in [-0.2, -0.15) is 0 Å². The minimum absolute atomic E-state index is 0.145. The van der Waals surface area contributed by atoms with Crippen molar-refractivity contribution in [3.63, 3.8) is 0 Å². The molecule has 5 heteroatoms. The zero-order valence-electron chi connectivity index (χ0n) is 11.3. The number of phenolic OH excluding ortho intramolecular Hbond substituents is 1. The molecule has 2 rings (SSSR count). The number of rotatable bonds is 2. The minimum Gasteiger partial charge on any atom is -0.508 e. The highest BCUT2D eigenvalue weighted by molar-refractivity contribution is 5.49. The lowest BCUT2D eigenvalue weighted by atomic mass is 10.2. The Bertz CT molecular complexity index is 827. The summed E-state index contributed by atoms with van der Waals surface area (Å²) in [5.41, 5.74) is 0.0254. The average Bonchev–Trinajstić information content (AvgIpc) is 2.37. The Morgan fingerprint density at radius 3 is 2.15 bits per heavy atom. The van der Waals surface area contributed by atoms with Gasteiger partial charge in [0, 0.05) is 0 Å². The molecule has 1 heterocycles. The van der Waals surface area contributed by atoms with Crippen LogP contribution in [0.2, 0.25) is 0 Å². The summed E-state index contributed by atoms with van der Waals surface area (Å²) in [5.74, 6) is 0.310. The van der Waals surface area contributed by atoms with Gasteiger partial charge in [-0.25, -0.2) is 0 Å². The maximum atomic E-state index is 11.9. The normalized spacial score (nSPS) is 13.2. The molecule has 20 heavy (non-hydrogen) atoms. The second kappa shape index (κ2) is 5.61. The minimum atomic E-state index is -0.357. The van der Waals surface area contributed by atoms with Gasteiger partial charge >= 0.3 is 0 Å². The molecule has 0 aliphatic carbocycles. The van der Waals surface area contributed by atoms with Crippen molar-refractivity contribution < 1.29 is 5.11 Å². The number of hydrogen-bond acceptors (Lipinski definition) is 3. The molecule has 0 amide bonds. The van der Waals surface area contributed by atoms with Crippen LogP contribution in [0.5, 0.6) is 5.75 Å². The fourth-order valence-corrected chi connectivity index (χ4v) is 1.78. The largest absolute Gasteiger partial charge is 0.508 e. The molecule has 3 N–H and O–H groups in total. The summed E-state index contributed by atoms with van der Waals surface area (Å²) in [6, 6.07) is 6.33. The van der Waals surface area contributed by atoms with Crippen molar-refractivity contribution in [1.29, 1.82) is 0 Å². The van der Waals surface area contributed by atoms with E-state index >= 15 is 0 Å². The number of H-pyrrole nitrogens is 2. The molecule has 0 spiro atoms. The van der Waals surface area contributed by atoms with Crippen molar-refractivity contribution in [1.82, 2.24) is 9.97 Å². The van der Waals surface area contributed by atoms with Gasteiger partial charge in [0.1, 0.15) is 16.4 Å². The molecule has 1 aromatic heterocycles. The van der Waals surface area contributed by atoms with Gasteiger partial charge < -0.3 is 15.1 Å². The fraction of sp³-hybridized carbons (Fsp3) is 0.200. The summed E-state index contributed by atoms with van der Waals surface area (Å²) in [6.45, 7) is 3.85. The van der Waals surface area contributed by atoms with Crippen LogP contribution < -0.4 is 21.8 Å². The standard InChI is InChI=1S/C15H16N2O3/c1-9(2)7-12-14(19)17-13(15(20)16-12)8-10-3-5-11(18)6-4-10/h3-9,18H,1-2H3,(H,16,20)(H,17,19). The summed E-state index contributed by atoms with van der Waals surface area (Å²) < 4.78 is 0. The van der Waals surface area contributed by atoms with E-state index in [0.29, 0.717) is 5.56 Å². The van der Waals surface area contributed by atoms with E-state index in [-0.39, 0.29) is 33.5 Å². The second-order valence-corrected chi connectivity index (χ2v) is 4.88. The van der Waals surface area contributed by atoms with Crippen LogP contribution in [0.4, 0.5) is 0 Å². The van der Waals surface area contributed by atoms with Gasteiger partial charge in [0.25, 0.3) is 11.1 Å². The molecule has 0 aliphatic rings. The number of aromatic nitrogens is 2. The summed E-state index contributed by atoms with van der Waals surface area (Å²) in [7, 11) is 0. The Labute approximate surface area is 114 Å². The molecular weight excluding hydrogens is 256 g/mol. The Morgan fingerprint density at radius 2 is 1.55 bits per heavy atom. The van der Waals surface area contributed by atoms with Gasteiger partial charge in [0.15, 0.2) is 0 Å². The SMILES string of the molecule is CC(C)C=c1[nH]c(=O)c(=Cc2ccc(O)cc2)[nH]c1=O. The van der Waals surface area contributed by atoms with E-state index in [9.17, 15) is 14.7 Å². The Balaban J connectivity index is 2.60. The van der Waals surface area contributed by atoms with E-state index in [1.165, 1.54) is 12.1 Å². The lowest BCUT2D eigenvalue weighted by Gasteiger charge is -1.95. The van der Waals surface area contributed by atoms with E-state index in [0.717, 1.165) is 0 Å². The van der Waals surface area contributed by atoms with Crippen LogP contribution >= 0.6 is 0 Å². The monoisotopic (exact) mass is 272 g/mol. The number of phenols is 1. The fourth-order valence-electron chi connectivity index (χ4n) is 1.78. The van der Waals surface area contributed by atoms with Crippen LogP contribution in [0.15, 0.2) is 33.9 Å².